The van der Waals surface area contributed by atoms with Crippen LogP contribution in [0.15, 0.2) is 84.0 Å². The van der Waals surface area contributed by atoms with Crippen LogP contribution in [0.3, 0.4) is 0 Å². The Kier molecular flexibility index (Phi) is 7.75. The van der Waals surface area contributed by atoms with Gasteiger partial charge < -0.3 is 24.8 Å². The van der Waals surface area contributed by atoms with Crippen molar-refractivity contribution in [2.75, 3.05) is 11.3 Å². The van der Waals surface area contributed by atoms with Gasteiger partial charge in [0.25, 0.3) is 0 Å². The minimum atomic E-state index is -0.977. The number of benzene rings is 3. The molecule has 0 aliphatic carbocycles. The molecule has 1 aromatic heterocycles. The number of carboxylic acid groups (broad SMARTS) is 1. The summed E-state index contributed by atoms with van der Waals surface area (Å²) in [5.41, 5.74) is 3.04. The normalized spacial score (nSPS) is 12.5. The van der Waals surface area contributed by atoms with E-state index in [0.29, 0.717) is 18.6 Å². The highest BCUT2D eigenvalue weighted by molar-refractivity contribution is 8.00. The van der Waals surface area contributed by atoms with Crippen LogP contribution in [0, 0.1) is 0 Å². The number of imidazole rings is 1. The number of β-amino-alcohol motifs (C(OH)–C–C–N with tert-alkyl or cyclic N) is 1. The van der Waals surface area contributed by atoms with Gasteiger partial charge in [-0.2, -0.15) is 0 Å². The maximum Gasteiger partial charge on any atom is 0.337 e. The highest BCUT2D eigenvalue weighted by Gasteiger charge is 2.20. The largest absolute Gasteiger partial charge is 0.478 e. The average molecular weight is 491 g/mol. The molecule has 0 aliphatic rings. The van der Waals surface area contributed by atoms with E-state index in [-0.39, 0.29) is 11.1 Å². The molecule has 4 aromatic rings. The lowest BCUT2D eigenvalue weighted by atomic mass is 9.99. The van der Waals surface area contributed by atoms with E-state index in [0.717, 1.165) is 28.1 Å². The number of aliphatic hydroxyl groups is 1. The third-order valence-corrected chi connectivity index (χ3v) is 6.78. The number of rotatable bonds is 11. The summed E-state index contributed by atoms with van der Waals surface area (Å²) in [7, 11) is 0. The van der Waals surface area contributed by atoms with Gasteiger partial charge >= 0.3 is 5.97 Å². The molecule has 4 rings (SSSR count). The summed E-state index contributed by atoms with van der Waals surface area (Å²) in [6.45, 7) is 5.27. The van der Waals surface area contributed by atoms with Crippen molar-refractivity contribution in [1.29, 1.82) is 0 Å². The summed E-state index contributed by atoms with van der Waals surface area (Å²) in [4.78, 5) is 16.9. The van der Waals surface area contributed by atoms with Crippen LogP contribution in [0.4, 0.5) is 5.69 Å². The highest BCUT2D eigenvalue weighted by Crippen LogP contribution is 2.24. The molecule has 0 fully saturated rings. The van der Waals surface area contributed by atoms with Gasteiger partial charge in [0.2, 0.25) is 0 Å². The van der Waals surface area contributed by atoms with E-state index in [4.69, 9.17) is 0 Å². The number of carboxylic acids is 1. The molecule has 0 spiro atoms. The lowest BCUT2D eigenvalue weighted by Crippen LogP contribution is -2.42. The average Bonchev–Trinajstić information content (AvgIpc) is 3.29. The molecule has 182 valence electrons. The number of aromatic nitrogens is 2. The zero-order valence-corrected chi connectivity index (χ0v) is 20.6. The standard InChI is InChI=1S/C27H30N4O3S/c1-27(2,14-15-31-18-28-25-22(26(33)34)12-7-13-23(25)31)29-17-24(32)19-8-6-9-20(16-19)30-35-21-10-4-3-5-11-21/h3-13,16,18,24,29-30,32H,14-15,17H2,1-2H3,(H,33,34). The first-order valence-corrected chi connectivity index (χ1v) is 12.3. The van der Waals surface area contributed by atoms with Gasteiger partial charge in [-0.15, -0.1) is 0 Å². The third-order valence-electron chi connectivity index (χ3n) is 5.93. The Hall–Kier alpha value is -3.33. The van der Waals surface area contributed by atoms with Crippen molar-refractivity contribution >= 4 is 34.6 Å². The maximum absolute atomic E-state index is 11.4. The SMILES string of the molecule is CC(C)(CCn1cnc2c(C(=O)O)cccc21)NCC(O)c1cccc(NSc2ccccc2)c1. The van der Waals surface area contributed by atoms with Gasteiger partial charge in [0.1, 0.15) is 5.52 Å². The lowest BCUT2D eigenvalue weighted by Gasteiger charge is -2.28. The predicted molar refractivity (Wildman–Crippen MR) is 141 cm³/mol. The van der Waals surface area contributed by atoms with Gasteiger partial charge in [-0.3, -0.25) is 0 Å². The lowest BCUT2D eigenvalue weighted by molar-refractivity contribution is 0.0699. The quantitative estimate of drug-likeness (QED) is 0.210. The molecule has 35 heavy (non-hydrogen) atoms. The number of anilines is 1. The fraction of sp³-hybridized carbons (Fsp3) is 0.259. The van der Waals surface area contributed by atoms with Gasteiger partial charge in [0.05, 0.1) is 23.5 Å². The van der Waals surface area contributed by atoms with Crippen molar-refractivity contribution in [1.82, 2.24) is 14.9 Å². The number of fused-ring (bicyclic) bond motifs is 1. The number of aromatic carboxylic acids is 1. The monoisotopic (exact) mass is 490 g/mol. The van der Waals surface area contributed by atoms with Crippen molar-refractivity contribution < 1.29 is 15.0 Å². The first-order chi connectivity index (χ1) is 16.8. The fourth-order valence-corrected chi connectivity index (χ4v) is 4.49. The molecular formula is C27H30N4O3S. The second-order valence-electron chi connectivity index (χ2n) is 9.09. The van der Waals surface area contributed by atoms with Crippen molar-refractivity contribution in [3.05, 3.63) is 90.3 Å². The van der Waals surface area contributed by atoms with Gasteiger partial charge in [0, 0.05) is 29.2 Å². The van der Waals surface area contributed by atoms with Crippen molar-refractivity contribution in [3.63, 3.8) is 0 Å². The molecule has 0 amide bonds. The summed E-state index contributed by atoms with van der Waals surface area (Å²) in [5, 5.41) is 23.7. The van der Waals surface area contributed by atoms with E-state index < -0.39 is 12.1 Å². The number of aryl methyl sites for hydroxylation is 1. The van der Waals surface area contributed by atoms with Gasteiger partial charge in [-0.25, -0.2) is 9.78 Å². The summed E-state index contributed by atoms with van der Waals surface area (Å²) < 4.78 is 5.30. The summed E-state index contributed by atoms with van der Waals surface area (Å²) in [6, 6.07) is 23.1. The Morgan fingerprint density at radius 2 is 1.86 bits per heavy atom. The van der Waals surface area contributed by atoms with E-state index in [1.807, 2.05) is 65.2 Å². The Morgan fingerprint density at radius 1 is 1.09 bits per heavy atom. The number of carbonyl (C=O) groups is 1. The van der Waals surface area contributed by atoms with Crippen molar-refractivity contribution in [2.24, 2.45) is 0 Å². The number of para-hydroxylation sites is 1. The van der Waals surface area contributed by atoms with Gasteiger partial charge in [-0.1, -0.05) is 36.4 Å². The molecule has 0 aliphatic heterocycles. The van der Waals surface area contributed by atoms with Crippen LogP contribution < -0.4 is 10.0 Å². The molecule has 7 nitrogen and oxygen atoms in total. The molecule has 0 saturated heterocycles. The molecule has 3 aromatic carbocycles. The van der Waals surface area contributed by atoms with Crippen LogP contribution in [0.2, 0.25) is 0 Å². The van der Waals surface area contributed by atoms with Crippen LogP contribution in [0.25, 0.3) is 11.0 Å². The molecule has 1 unspecified atom stereocenters. The summed E-state index contributed by atoms with van der Waals surface area (Å²) in [6.07, 6.45) is 1.82. The Bertz CT molecular complexity index is 1290. The Balaban J connectivity index is 1.32. The van der Waals surface area contributed by atoms with E-state index in [9.17, 15) is 15.0 Å². The molecule has 0 radical (unpaired) electrons. The summed E-state index contributed by atoms with van der Waals surface area (Å²) >= 11 is 1.53. The first kappa shape index (κ1) is 24.8. The maximum atomic E-state index is 11.4. The molecule has 4 N–H and O–H groups in total. The van der Waals surface area contributed by atoms with E-state index >= 15 is 0 Å². The molecule has 0 saturated carbocycles. The molecule has 8 heteroatoms. The van der Waals surface area contributed by atoms with Crippen molar-refractivity contribution in [3.8, 4) is 0 Å². The molecular weight excluding hydrogens is 460 g/mol. The van der Waals surface area contributed by atoms with Gasteiger partial charge in [-0.05, 0) is 74.2 Å². The van der Waals surface area contributed by atoms with Crippen LogP contribution >= 0.6 is 11.9 Å². The fourth-order valence-electron chi connectivity index (χ4n) is 3.83. The van der Waals surface area contributed by atoms with Crippen LogP contribution in [0.5, 0.6) is 0 Å². The number of nitrogens with one attached hydrogen (secondary N) is 2. The zero-order valence-electron chi connectivity index (χ0n) is 19.8. The second kappa shape index (κ2) is 10.9. The Morgan fingerprint density at radius 3 is 2.63 bits per heavy atom. The molecule has 1 heterocycles. The molecule has 0 bridgehead atoms. The predicted octanol–water partition coefficient (Wildman–Crippen LogP) is 5.35. The van der Waals surface area contributed by atoms with Crippen LogP contribution in [-0.4, -0.2) is 37.8 Å². The highest BCUT2D eigenvalue weighted by atomic mass is 32.2. The minimum absolute atomic E-state index is 0.209. The number of aliphatic hydroxyl groups excluding tert-OH is 1. The smallest absolute Gasteiger partial charge is 0.337 e. The van der Waals surface area contributed by atoms with E-state index in [2.05, 4.69) is 28.9 Å². The number of hydrogen-bond donors (Lipinski definition) is 4. The van der Waals surface area contributed by atoms with E-state index in [1.54, 1.807) is 18.5 Å². The number of nitrogens with zero attached hydrogens (tertiary/aromatic N) is 2. The van der Waals surface area contributed by atoms with Crippen molar-refractivity contribution in [2.45, 2.75) is 43.4 Å². The zero-order chi connectivity index (χ0) is 24.8. The van der Waals surface area contributed by atoms with E-state index in [1.165, 1.54) is 11.9 Å². The molecule has 1 atom stereocenters. The topological polar surface area (TPSA) is 99.4 Å². The minimum Gasteiger partial charge on any atom is -0.478 e. The first-order valence-electron chi connectivity index (χ1n) is 11.5. The Labute approximate surface area is 209 Å². The van der Waals surface area contributed by atoms with Crippen LogP contribution in [-0.2, 0) is 6.54 Å². The van der Waals surface area contributed by atoms with Gasteiger partial charge in [0.15, 0.2) is 0 Å². The third kappa shape index (κ3) is 6.42. The second-order valence-corrected chi connectivity index (χ2v) is 9.97. The summed E-state index contributed by atoms with van der Waals surface area (Å²) in [5.74, 6) is -0.977. The number of hydrogen-bond acceptors (Lipinski definition) is 6. The van der Waals surface area contributed by atoms with Crippen LogP contribution in [0.1, 0.15) is 42.3 Å².